The predicted octanol–water partition coefficient (Wildman–Crippen LogP) is -0.540. The van der Waals surface area contributed by atoms with Crippen molar-refractivity contribution >= 4 is 5.91 Å². The van der Waals surface area contributed by atoms with Crippen molar-refractivity contribution in [1.82, 2.24) is 10.6 Å². The molecule has 0 heterocycles. The van der Waals surface area contributed by atoms with Crippen LogP contribution < -0.4 is 10.6 Å². The fraction of sp³-hybridized carbons (Fsp3) is 0.500. The number of rotatable bonds is 4. The molecular weight excluding hydrogens is 162 g/mol. The fourth-order valence-electron chi connectivity index (χ4n) is 0.528. The maximum atomic E-state index is 10.8. The summed E-state index contributed by atoms with van der Waals surface area (Å²) in [5, 5.41) is 15.0. The molecule has 1 amide bonds. The Morgan fingerprint density at radius 1 is 1.67 bits per heavy atom. The first-order chi connectivity index (χ1) is 5.63. The first kappa shape index (κ1) is 10.4. The third-order valence-corrected chi connectivity index (χ3v) is 1.10. The highest BCUT2D eigenvalue weighted by atomic mass is 16.6. The summed E-state index contributed by atoms with van der Waals surface area (Å²) in [5.41, 5.74) is -0.487. The van der Waals surface area contributed by atoms with Gasteiger partial charge >= 0.3 is 11.6 Å². The Kier molecular flexibility index (Phi) is 4.43. The van der Waals surface area contributed by atoms with E-state index in [1.54, 1.807) is 6.92 Å². The van der Waals surface area contributed by atoms with E-state index in [1.807, 2.05) is 0 Å². The molecule has 68 valence electrons. The van der Waals surface area contributed by atoms with E-state index >= 15 is 0 Å². The molecule has 0 aliphatic rings. The molecular formula is C6H11N3O3. The van der Waals surface area contributed by atoms with Gasteiger partial charge in [0.2, 0.25) is 0 Å². The van der Waals surface area contributed by atoms with Crippen LogP contribution in [0.15, 0.2) is 11.9 Å². The Balaban J connectivity index is 4.43. The topological polar surface area (TPSA) is 84.3 Å². The summed E-state index contributed by atoms with van der Waals surface area (Å²) >= 11 is 0. The van der Waals surface area contributed by atoms with Crippen molar-refractivity contribution < 1.29 is 9.72 Å². The second-order valence-electron chi connectivity index (χ2n) is 1.92. The number of carbonyl (C=O) groups is 1. The maximum absolute atomic E-state index is 10.8. The van der Waals surface area contributed by atoms with Gasteiger partial charge in [0.1, 0.15) is 0 Å². The Morgan fingerprint density at radius 2 is 2.25 bits per heavy atom. The van der Waals surface area contributed by atoms with Crippen LogP contribution >= 0.6 is 0 Å². The number of carbonyl (C=O) groups excluding carboxylic acids is 1. The van der Waals surface area contributed by atoms with E-state index in [0.29, 0.717) is 6.54 Å². The van der Waals surface area contributed by atoms with E-state index in [9.17, 15) is 14.9 Å². The highest BCUT2D eigenvalue weighted by molar-refractivity contribution is 5.90. The minimum atomic E-state index is -0.735. The first-order valence-corrected chi connectivity index (χ1v) is 3.43. The smallest absolute Gasteiger partial charge is 0.348 e. The quantitative estimate of drug-likeness (QED) is 0.339. The van der Waals surface area contributed by atoms with Crippen LogP contribution in [-0.2, 0) is 4.79 Å². The van der Waals surface area contributed by atoms with Gasteiger partial charge in [-0.3, -0.25) is 14.9 Å². The number of hydrogen-bond donors (Lipinski definition) is 2. The summed E-state index contributed by atoms with van der Waals surface area (Å²) in [4.78, 5) is 20.3. The summed E-state index contributed by atoms with van der Waals surface area (Å²) in [7, 11) is 1.34. The van der Waals surface area contributed by atoms with Crippen LogP contribution in [0.1, 0.15) is 6.92 Å². The van der Waals surface area contributed by atoms with Crippen molar-refractivity contribution in [2.45, 2.75) is 6.92 Å². The highest BCUT2D eigenvalue weighted by Crippen LogP contribution is 1.92. The molecule has 6 heteroatoms. The van der Waals surface area contributed by atoms with Gasteiger partial charge in [0.25, 0.3) is 0 Å². The molecule has 0 rings (SSSR count). The van der Waals surface area contributed by atoms with Crippen molar-refractivity contribution in [1.29, 1.82) is 0 Å². The molecule has 0 spiro atoms. The zero-order valence-electron chi connectivity index (χ0n) is 6.96. The van der Waals surface area contributed by atoms with Crippen LogP contribution in [0.25, 0.3) is 0 Å². The number of amides is 1. The Labute approximate surface area is 69.8 Å². The molecule has 2 N–H and O–H groups in total. The van der Waals surface area contributed by atoms with Crippen LogP contribution in [0.4, 0.5) is 0 Å². The highest BCUT2D eigenvalue weighted by Gasteiger charge is 2.19. The molecule has 0 aromatic carbocycles. The second kappa shape index (κ2) is 5.11. The lowest BCUT2D eigenvalue weighted by molar-refractivity contribution is -0.419. The summed E-state index contributed by atoms with van der Waals surface area (Å²) < 4.78 is 0. The normalized spacial score (nSPS) is 10.7. The van der Waals surface area contributed by atoms with Crippen LogP contribution in [-0.4, -0.2) is 24.4 Å². The predicted molar refractivity (Wildman–Crippen MR) is 42.8 cm³/mol. The average molecular weight is 173 g/mol. The minimum absolute atomic E-state index is 0.487. The van der Waals surface area contributed by atoms with E-state index in [-0.39, 0.29) is 0 Å². The van der Waals surface area contributed by atoms with Gasteiger partial charge in [-0.25, -0.2) is 0 Å². The Morgan fingerprint density at radius 3 is 2.58 bits per heavy atom. The first-order valence-electron chi connectivity index (χ1n) is 3.43. The van der Waals surface area contributed by atoms with Crippen molar-refractivity contribution in [2.75, 3.05) is 13.6 Å². The molecule has 0 fully saturated rings. The number of nitrogens with one attached hydrogen (secondary N) is 2. The number of likely N-dealkylation sites (N-methyl/N-ethyl adjacent to an activating group) is 1. The fourth-order valence-corrected chi connectivity index (χ4v) is 0.528. The van der Waals surface area contributed by atoms with Gasteiger partial charge in [0.05, 0.1) is 11.1 Å². The number of nitro groups is 1. The summed E-state index contributed by atoms with van der Waals surface area (Å²) in [5.74, 6) is -0.707. The molecule has 0 saturated heterocycles. The van der Waals surface area contributed by atoms with Crippen LogP contribution in [0.3, 0.4) is 0 Å². The standard InChI is InChI=1S/C6H11N3O3/c1-3-8-4-5(9(11)12)6(10)7-2/h4,8H,3H2,1-2H3,(H,7,10)/b5-4+. The summed E-state index contributed by atoms with van der Waals surface area (Å²) in [6.45, 7) is 2.31. The molecule has 6 nitrogen and oxygen atoms in total. The molecule has 0 aliphatic heterocycles. The largest absolute Gasteiger partial charge is 0.385 e. The third-order valence-electron chi connectivity index (χ3n) is 1.10. The van der Waals surface area contributed by atoms with Gasteiger partial charge in [-0.1, -0.05) is 0 Å². The average Bonchev–Trinajstić information content (AvgIpc) is 2.04. The minimum Gasteiger partial charge on any atom is -0.385 e. The van der Waals surface area contributed by atoms with Crippen LogP contribution in [0.5, 0.6) is 0 Å². The van der Waals surface area contributed by atoms with Crippen molar-refractivity contribution in [3.05, 3.63) is 22.0 Å². The molecule has 12 heavy (non-hydrogen) atoms. The molecule has 0 saturated carbocycles. The molecule has 0 aromatic rings. The second-order valence-corrected chi connectivity index (χ2v) is 1.92. The number of hydrogen-bond acceptors (Lipinski definition) is 4. The lowest BCUT2D eigenvalue weighted by atomic mass is 10.4. The van der Waals surface area contributed by atoms with Gasteiger partial charge in [0, 0.05) is 13.6 Å². The van der Waals surface area contributed by atoms with E-state index in [2.05, 4.69) is 10.6 Å². The molecule has 0 aromatic heterocycles. The molecule has 0 aliphatic carbocycles. The van der Waals surface area contributed by atoms with E-state index < -0.39 is 16.5 Å². The van der Waals surface area contributed by atoms with E-state index in [0.717, 1.165) is 6.20 Å². The zero-order chi connectivity index (χ0) is 9.56. The van der Waals surface area contributed by atoms with Crippen LogP contribution in [0.2, 0.25) is 0 Å². The molecule has 0 bridgehead atoms. The van der Waals surface area contributed by atoms with E-state index in [4.69, 9.17) is 0 Å². The molecule has 0 unspecified atom stereocenters. The molecule has 0 atom stereocenters. The van der Waals surface area contributed by atoms with Crippen molar-refractivity contribution in [2.24, 2.45) is 0 Å². The lowest BCUT2D eigenvalue weighted by Gasteiger charge is -1.97. The van der Waals surface area contributed by atoms with Crippen molar-refractivity contribution in [3.63, 3.8) is 0 Å². The van der Waals surface area contributed by atoms with Gasteiger partial charge in [-0.15, -0.1) is 0 Å². The van der Waals surface area contributed by atoms with Gasteiger partial charge in [0.15, 0.2) is 0 Å². The third kappa shape index (κ3) is 3.00. The Bertz CT molecular complexity index is 212. The number of nitrogens with zero attached hydrogens (tertiary/aromatic N) is 1. The lowest BCUT2D eigenvalue weighted by Crippen LogP contribution is -2.26. The molecule has 0 radical (unpaired) electrons. The monoisotopic (exact) mass is 173 g/mol. The van der Waals surface area contributed by atoms with Gasteiger partial charge in [-0.2, -0.15) is 0 Å². The van der Waals surface area contributed by atoms with Crippen LogP contribution in [0, 0.1) is 10.1 Å². The van der Waals surface area contributed by atoms with Crippen molar-refractivity contribution in [3.8, 4) is 0 Å². The summed E-state index contributed by atoms with van der Waals surface area (Å²) in [6, 6.07) is 0. The van der Waals surface area contributed by atoms with E-state index in [1.165, 1.54) is 7.05 Å². The zero-order valence-corrected chi connectivity index (χ0v) is 6.96. The summed E-state index contributed by atoms with van der Waals surface area (Å²) in [6.07, 6.45) is 1.08. The SMILES string of the molecule is CCN/C=C(\C(=O)NC)[N+](=O)[O-]. The van der Waals surface area contributed by atoms with Gasteiger partial charge in [-0.05, 0) is 6.92 Å². The maximum Gasteiger partial charge on any atom is 0.348 e. The van der Waals surface area contributed by atoms with Gasteiger partial charge < -0.3 is 10.6 Å². The Hall–Kier alpha value is -1.59.